The van der Waals surface area contributed by atoms with Crippen molar-refractivity contribution in [3.8, 4) is 0 Å². The molecule has 4 nitrogen and oxygen atoms in total. The summed E-state index contributed by atoms with van der Waals surface area (Å²) in [5, 5.41) is 0. The van der Waals surface area contributed by atoms with Gasteiger partial charge in [0.15, 0.2) is 0 Å². The van der Waals surface area contributed by atoms with Crippen LogP contribution < -0.4 is 5.73 Å². The summed E-state index contributed by atoms with van der Waals surface area (Å²) in [4.78, 5) is 14.1. The summed E-state index contributed by atoms with van der Waals surface area (Å²) in [6.45, 7) is 4.19. The largest absolute Gasteiger partial charge is 0.381 e. The maximum atomic E-state index is 12.1. The first-order valence-electron chi connectivity index (χ1n) is 6.24. The van der Waals surface area contributed by atoms with Gasteiger partial charge in [-0.05, 0) is 19.3 Å². The minimum atomic E-state index is 0.0177. The van der Waals surface area contributed by atoms with Crippen molar-refractivity contribution < 1.29 is 9.53 Å². The van der Waals surface area contributed by atoms with Gasteiger partial charge >= 0.3 is 0 Å². The number of hydrogen-bond acceptors (Lipinski definition) is 3. The topological polar surface area (TPSA) is 55.6 Å². The molecular formula is C12H24N2O2. The molecule has 0 saturated carbocycles. The molecule has 0 bridgehead atoms. The molecule has 1 unspecified atom stereocenters. The summed E-state index contributed by atoms with van der Waals surface area (Å²) in [6, 6.07) is 0. The van der Waals surface area contributed by atoms with Gasteiger partial charge in [-0.2, -0.15) is 0 Å². The standard InChI is InChI=1S/C12H24N2O2/c1-3-4-10(9-13)12(15)14-7-5-11(16-2)6-8-14/h10-11H,3-9,13H2,1-2H3. The fourth-order valence-electron chi connectivity index (χ4n) is 2.26. The molecule has 1 aliphatic heterocycles. The van der Waals surface area contributed by atoms with Gasteiger partial charge in [0.05, 0.1) is 12.0 Å². The van der Waals surface area contributed by atoms with Gasteiger partial charge in [-0.1, -0.05) is 13.3 Å². The monoisotopic (exact) mass is 228 g/mol. The Labute approximate surface area is 98.1 Å². The SMILES string of the molecule is CCCC(CN)C(=O)N1CCC(OC)CC1. The lowest BCUT2D eigenvalue weighted by Gasteiger charge is -2.33. The van der Waals surface area contributed by atoms with E-state index in [1.165, 1.54) is 0 Å². The van der Waals surface area contributed by atoms with Crippen LogP contribution in [0.3, 0.4) is 0 Å². The van der Waals surface area contributed by atoms with E-state index in [0.29, 0.717) is 12.6 Å². The van der Waals surface area contributed by atoms with E-state index < -0.39 is 0 Å². The van der Waals surface area contributed by atoms with E-state index in [-0.39, 0.29) is 11.8 Å². The van der Waals surface area contributed by atoms with Gasteiger partial charge in [0.25, 0.3) is 0 Å². The second kappa shape index (κ2) is 6.86. The molecule has 1 saturated heterocycles. The highest BCUT2D eigenvalue weighted by molar-refractivity contribution is 5.79. The van der Waals surface area contributed by atoms with Crippen LogP contribution in [0.2, 0.25) is 0 Å². The smallest absolute Gasteiger partial charge is 0.226 e. The Balaban J connectivity index is 2.42. The molecule has 16 heavy (non-hydrogen) atoms. The van der Waals surface area contributed by atoms with E-state index in [0.717, 1.165) is 38.8 Å². The fraction of sp³-hybridized carbons (Fsp3) is 0.917. The van der Waals surface area contributed by atoms with Crippen LogP contribution in [0, 0.1) is 5.92 Å². The van der Waals surface area contributed by atoms with Crippen LogP contribution in [0.25, 0.3) is 0 Å². The number of amides is 1. The van der Waals surface area contributed by atoms with Gasteiger partial charge in [0.1, 0.15) is 0 Å². The number of carbonyl (C=O) groups excluding carboxylic acids is 1. The first kappa shape index (κ1) is 13.5. The number of nitrogens with two attached hydrogens (primary N) is 1. The second-order valence-corrected chi connectivity index (χ2v) is 4.48. The third kappa shape index (κ3) is 3.46. The summed E-state index contributed by atoms with van der Waals surface area (Å²) >= 11 is 0. The quantitative estimate of drug-likeness (QED) is 0.763. The van der Waals surface area contributed by atoms with Crippen LogP contribution >= 0.6 is 0 Å². The highest BCUT2D eigenvalue weighted by atomic mass is 16.5. The molecule has 1 aliphatic rings. The van der Waals surface area contributed by atoms with E-state index in [1.54, 1.807) is 7.11 Å². The maximum absolute atomic E-state index is 12.1. The molecule has 1 fully saturated rings. The Morgan fingerprint density at radius 2 is 2.12 bits per heavy atom. The lowest BCUT2D eigenvalue weighted by Crippen LogP contribution is -2.45. The van der Waals surface area contributed by atoms with Crippen LogP contribution in [-0.2, 0) is 9.53 Å². The lowest BCUT2D eigenvalue weighted by molar-refractivity contribution is -0.137. The third-order valence-electron chi connectivity index (χ3n) is 3.36. The zero-order valence-electron chi connectivity index (χ0n) is 10.4. The second-order valence-electron chi connectivity index (χ2n) is 4.48. The predicted molar refractivity (Wildman–Crippen MR) is 64.1 cm³/mol. The highest BCUT2D eigenvalue weighted by Crippen LogP contribution is 2.17. The van der Waals surface area contributed by atoms with Gasteiger partial charge in [-0.25, -0.2) is 0 Å². The van der Waals surface area contributed by atoms with E-state index >= 15 is 0 Å². The summed E-state index contributed by atoms with van der Waals surface area (Å²) in [5.74, 6) is 0.253. The van der Waals surface area contributed by atoms with Crippen molar-refractivity contribution in [3.05, 3.63) is 0 Å². The Hall–Kier alpha value is -0.610. The zero-order chi connectivity index (χ0) is 12.0. The number of piperidine rings is 1. The maximum Gasteiger partial charge on any atom is 0.226 e. The van der Waals surface area contributed by atoms with Crippen molar-refractivity contribution in [2.75, 3.05) is 26.7 Å². The Kier molecular flexibility index (Phi) is 5.77. The van der Waals surface area contributed by atoms with Gasteiger partial charge in [0.2, 0.25) is 5.91 Å². The molecule has 1 rings (SSSR count). The van der Waals surface area contributed by atoms with Crippen LogP contribution in [0.1, 0.15) is 32.6 Å². The first-order chi connectivity index (χ1) is 7.72. The summed E-state index contributed by atoms with van der Waals surface area (Å²) in [5.41, 5.74) is 5.65. The van der Waals surface area contributed by atoms with Gasteiger partial charge in [-0.15, -0.1) is 0 Å². The van der Waals surface area contributed by atoms with Crippen LogP contribution in [0.4, 0.5) is 0 Å². The molecule has 0 aliphatic carbocycles. The first-order valence-corrected chi connectivity index (χ1v) is 6.24. The van der Waals surface area contributed by atoms with Crippen molar-refractivity contribution in [2.45, 2.75) is 38.7 Å². The average Bonchev–Trinajstić information content (AvgIpc) is 2.35. The van der Waals surface area contributed by atoms with Gasteiger partial charge in [-0.3, -0.25) is 4.79 Å². The third-order valence-corrected chi connectivity index (χ3v) is 3.36. The number of hydrogen-bond donors (Lipinski definition) is 1. The van der Waals surface area contributed by atoms with Crippen LogP contribution in [-0.4, -0.2) is 43.7 Å². The number of likely N-dealkylation sites (tertiary alicyclic amines) is 1. The van der Waals surface area contributed by atoms with Crippen molar-refractivity contribution in [1.82, 2.24) is 4.90 Å². The van der Waals surface area contributed by atoms with Crippen molar-refractivity contribution in [1.29, 1.82) is 0 Å². The predicted octanol–water partition coefficient (Wildman–Crippen LogP) is 0.999. The fourth-order valence-corrected chi connectivity index (χ4v) is 2.26. The molecule has 1 amide bonds. The zero-order valence-corrected chi connectivity index (χ0v) is 10.4. The minimum Gasteiger partial charge on any atom is -0.381 e. The van der Waals surface area contributed by atoms with Crippen molar-refractivity contribution in [3.63, 3.8) is 0 Å². The summed E-state index contributed by atoms with van der Waals surface area (Å²) in [6.07, 6.45) is 4.14. The molecule has 0 radical (unpaired) electrons. The normalized spacial score (nSPS) is 19.8. The van der Waals surface area contributed by atoms with Crippen LogP contribution in [0.15, 0.2) is 0 Å². The minimum absolute atomic E-state index is 0.0177. The molecular weight excluding hydrogens is 204 g/mol. The number of carbonyl (C=O) groups is 1. The van der Waals surface area contributed by atoms with Crippen molar-refractivity contribution in [2.24, 2.45) is 11.7 Å². The Morgan fingerprint density at radius 1 is 1.50 bits per heavy atom. The Bertz CT molecular complexity index is 213. The number of nitrogens with zero attached hydrogens (tertiary/aromatic N) is 1. The molecule has 0 aromatic carbocycles. The van der Waals surface area contributed by atoms with E-state index in [1.807, 2.05) is 4.90 Å². The van der Waals surface area contributed by atoms with Gasteiger partial charge < -0.3 is 15.4 Å². The average molecular weight is 228 g/mol. The molecule has 2 N–H and O–H groups in total. The van der Waals surface area contributed by atoms with Crippen molar-refractivity contribution >= 4 is 5.91 Å². The molecule has 0 aromatic rings. The van der Waals surface area contributed by atoms with Crippen LogP contribution in [0.5, 0.6) is 0 Å². The Morgan fingerprint density at radius 3 is 2.56 bits per heavy atom. The highest BCUT2D eigenvalue weighted by Gasteiger charge is 2.26. The van der Waals surface area contributed by atoms with E-state index in [9.17, 15) is 4.79 Å². The molecule has 1 heterocycles. The number of methoxy groups -OCH3 is 1. The summed E-state index contributed by atoms with van der Waals surface area (Å²) < 4.78 is 5.29. The van der Waals surface area contributed by atoms with Gasteiger partial charge in [0, 0.05) is 26.7 Å². The van der Waals surface area contributed by atoms with E-state index in [2.05, 4.69) is 6.92 Å². The number of rotatable bonds is 5. The molecule has 94 valence electrons. The molecule has 0 spiro atoms. The number of ether oxygens (including phenoxy) is 1. The van der Waals surface area contributed by atoms with E-state index in [4.69, 9.17) is 10.5 Å². The lowest BCUT2D eigenvalue weighted by atomic mass is 10.00. The molecule has 1 atom stereocenters. The molecule has 4 heteroatoms. The molecule has 0 aromatic heterocycles. The summed E-state index contributed by atoms with van der Waals surface area (Å²) in [7, 11) is 1.74.